The van der Waals surface area contributed by atoms with E-state index < -0.39 is 0 Å². The van der Waals surface area contributed by atoms with Crippen molar-refractivity contribution in [3.8, 4) is 11.9 Å². The fraction of sp³-hybridized carbons (Fsp3) is 0.167. The second-order valence-electron chi connectivity index (χ2n) is 4.79. The summed E-state index contributed by atoms with van der Waals surface area (Å²) in [5, 5.41) is 14.4. The van der Waals surface area contributed by atoms with Crippen LogP contribution in [-0.2, 0) is 0 Å². The van der Waals surface area contributed by atoms with Gasteiger partial charge in [-0.1, -0.05) is 42.1 Å². The van der Waals surface area contributed by atoms with Crippen molar-refractivity contribution >= 4 is 28.5 Å². The number of amidine groups is 1. The lowest BCUT2D eigenvalue weighted by atomic mass is 10.1. The summed E-state index contributed by atoms with van der Waals surface area (Å²) in [6, 6.07) is 16.4. The van der Waals surface area contributed by atoms with Crippen LogP contribution in [0.4, 0.5) is 5.69 Å². The molecule has 0 aliphatic heterocycles. The van der Waals surface area contributed by atoms with Crippen LogP contribution in [0.3, 0.4) is 0 Å². The fourth-order valence-electron chi connectivity index (χ4n) is 1.99. The summed E-state index contributed by atoms with van der Waals surface area (Å²) in [5.74, 6) is 0.516. The Bertz CT molecular complexity index is 772. The van der Waals surface area contributed by atoms with Gasteiger partial charge in [-0.15, -0.1) is 0 Å². The van der Waals surface area contributed by atoms with Gasteiger partial charge < -0.3 is 10.1 Å². The van der Waals surface area contributed by atoms with Crippen molar-refractivity contribution in [3.05, 3.63) is 60.2 Å². The van der Waals surface area contributed by atoms with E-state index in [4.69, 9.17) is 10.00 Å². The highest BCUT2D eigenvalue weighted by Gasteiger charge is 2.11. The monoisotopic (exact) mass is 354 g/mol. The molecular weight excluding hydrogens is 336 g/mol. The summed E-state index contributed by atoms with van der Waals surface area (Å²) in [6.07, 6.45) is 3.62. The Kier molecular flexibility index (Phi) is 7.35. The molecule has 2 N–H and O–H groups in total. The average Bonchev–Trinajstić information content (AvgIpc) is 2.66. The van der Waals surface area contributed by atoms with Crippen LogP contribution in [0.1, 0.15) is 10.4 Å². The maximum Gasteiger partial charge on any atom is 0.253 e. The molecular formula is C18H18N4O2S. The first-order valence-corrected chi connectivity index (χ1v) is 8.80. The van der Waals surface area contributed by atoms with E-state index in [-0.39, 0.29) is 5.91 Å². The molecule has 0 fully saturated rings. The van der Waals surface area contributed by atoms with Gasteiger partial charge in [0.15, 0.2) is 11.4 Å². The van der Waals surface area contributed by atoms with Gasteiger partial charge in [-0.25, -0.2) is 4.99 Å². The first-order chi connectivity index (χ1) is 12.2. The van der Waals surface area contributed by atoms with Gasteiger partial charge >= 0.3 is 0 Å². The summed E-state index contributed by atoms with van der Waals surface area (Å²) in [4.78, 5) is 16.7. The van der Waals surface area contributed by atoms with E-state index in [1.165, 1.54) is 11.8 Å². The standard InChI is InChI=1S/C18H18N4O2S/c1-25-18(21-13-19)22-16-10-6-5-9-15(16)17(23)20-11-12-24-14-7-3-2-4-8-14/h2-10H,11-12H2,1H3,(H,20,23)(H,21,22). The molecule has 0 bridgehead atoms. The van der Waals surface area contributed by atoms with Crippen LogP contribution in [0, 0.1) is 11.5 Å². The fourth-order valence-corrected chi connectivity index (χ4v) is 2.33. The van der Waals surface area contributed by atoms with E-state index in [9.17, 15) is 4.79 Å². The largest absolute Gasteiger partial charge is 0.492 e. The number of nitrogens with one attached hydrogen (secondary N) is 2. The van der Waals surface area contributed by atoms with E-state index >= 15 is 0 Å². The molecule has 0 saturated heterocycles. The minimum Gasteiger partial charge on any atom is -0.492 e. The molecule has 0 atom stereocenters. The van der Waals surface area contributed by atoms with Gasteiger partial charge in [0.05, 0.1) is 17.8 Å². The van der Waals surface area contributed by atoms with Crippen LogP contribution in [-0.4, -0.2) is 30.5 Å². The first-order valence-electron chi connectivity index (χ1n) is 7.57. The van der Waals surface area contributed by atoms with Crippen molar-refractivity contribution in [1.29, 1.82) is 5.26 Å². The van der Waals surface area contributed by atoms with Crippen molar-refractivity contribution < 1.29 is 9.53 Å². The number of benzene rings is 2. The van der Waals surface area contributed by atoms with E-state index in [2.05, 4.69) is 15.6 Å². The predicted octanol–water partition coefficient (Wildman–Crippen LogP) is 2.92. The molecule has 0 spiro atoms. The smallest absolute Gasteiger partial charge is 0.253 e. The van der Waals surface area contributed by atoms with E-state index in [1.54, 1.807) is 30.5 Å². The van der Waals surface area contributed by atoms with Crippen molar-refractivity contribution in [2.75, 3.05) is 19.4 Å². The molecule has 25 heavy (non-hydrogen) atoms. The van der Waals surface area contributed by atoms with Crippen molar-refractivity contribution in [3.63, 3.8) is 0 Å². The van der Waals surface area contributed by atoms with Gasteiger partial charge in [0.2, 0.25) is 0 Å². The number of para-hydroxylation sites is 2. The third kappa shape index (κ3) is 5.86. The molecule has 0 heterocycles. The second kappa shape index (κ2) is 10.0. The van der Waals surface area contributed by atoms with Crippen LogP contribution >= 0.6 is 11.8 Å². The Morgan fingerprint density at radius 1 is 1.20 bits per heavy atom. The SMILES string of the molecule is CSC(=Nc1ccccc1C(=O)NCCOc1ccccc1)NC#N. The molecule has 0 radical (unpaired) electrons. The zero-order chi connectivity index (χ0) is 17.9. The molecule has 0 unspecified atom stereocenters. The van der Waals surface area contributed by atoms with Crippen molar-refractivity contribution in [2.45, 2.75) is 0 Å². The number of nitriles is 1. The van der Waals surface area contributed by atoms with Crippen LogP contribution < -0.4 is 15.4 Å². The lowest BCUT2D eigenvalue weighted by Crippen LogP contribution is -2.28. The topological polar surface area (TPSA) is 86.5 Å². The number of ether oxygens (including phenoxy) is 1. The Morgan fingerprint density at radius 3 is 2.64 bits per heavy atom. The number of rotatable bonds is 6. The third-order valence-electron chi connectivity index (χ3n) is 3.13. The average molecular weight is 354 g/mol. The Morgan fingerprint density at radius 2 is 1.92 bits per heavy atom. The van der Waals surface area contributed by atoms with Gasteiger partial charge in [0, 0.05) is 0 Å². The van der Waals surface area contributed by atoms with Gasteiger partial charge in [0.1, 0.15) is 12.4 Å². The molecule has 0 aliphatic carbocycles. The molecule has 1 amide bonds. The Balaban J connectivity index is 1.96. The van der Waals surface area contributed by atoms with Crippen LogP contribution in [0.25, 0.3) is 0 Å². The number of hydrogen-bond acceptors (Lipinski definition) is 5. The lowest BCUT2D eigenvalue weighted by Gasteiger charge is -2.09. The van der Waals surface area contributed by atoms with Gasteiger partial charge in [-0.05, 0) is 30.5 Å². The zero-order valence-corrected chi connectivity index (χ0v) is 14.5. The van der Waals surface area contributed by atoms with Crippen LogP contribution in [0.2, 0.25) is 0 Å². The number of aliphatic imine (C=N–C) groups is 1. The normalized spacial score (nSPS) is 10.6. The molecule has 2 aromatic rings. The zero-order valence-electron chi connectivity index (χ0n) is 13.7. The number of thioether (sulfide) groups is 1. The number of nitrogens with zero attached hydrogens (tertiary/aromatic N) is 2. The minimum absolute atomic E-state index is 0.242. The summed E-state index contributed by atoms with van der Waals surface area (Å²) in [6.45, 7) is 0.741. The predicted molar refractivity (Wildman–Crippen MR) is 100 cm³/mol. The third-order valence-corrected chi connectivity index (χ3v) is 3.71. The molecule has 0 saturated carbocycles. The maximum atomic E-state index is 12.4. The highest BCUT2D eigenvalue weighted by atomic mass is 32.2. The second-order valence-corrected chi connectivity index (χ2v) is 5.59. The molecule has 128 valence electrons. The number of amides is 1. The van der Waals surface area contributed by atoms with E-state index in [1.807, 2.05) is 36.5 Å². The van der Waals surface area contributed by atoms with Crippen molar-refractivity contribution in [1.82, 2.24) is 10.6 Å². The molecule has 6 nitrogen and oxygen atoms in total. The highest BCUT2D eigenvalue weighted by molar-refractivity contribution is 8.13. The van der Waals surface area contributed by atoms with Crippen LogP contribution in [0.5, 0.6) is 5.75 Å². The quantitative estimate of drug-likeness (QED) is 0.274. The first kappa shape index (κ1) is 18.4. The minimum atomic E-state index is -0.242. The number of hydrogen-bond donors (Lipinski definition) is 2. The lowest BCUT2D eigenvalue weighted by molar-refractivity contribution is 0.0947. The molecule has 2 rings (SSSR count). The molecule has 0 aromatic heterocycles. The van der Waals surface area contributed by atoms with Gasteiger partial charge in [-0.2, -0.15) is 5.26 Å². The summed E-state index contributed by atoms with van der Waals surface area (Å²) in [5.41, 5.74) is 0.935. The summed E-state index contributed by atoms with van der Waals surface area (Å²) >= 11 is 1.29. The molecule has 2 aromatic carbocycles. The highest BCUT2D eigenvalue weighted by Crippen LogP contribution is 2.20. The molecule has 7 heteroatoms. The van der Waals surface area contributed by atoms with E-state index in [0.717, 1.165) is 5.75 Å². The number of carbonyl (C=O) groups excluding carboxylic acids is 1. The van der Waals surface area contributed by atoms with Crippen LogP contribution in [0.15, 0.2) is 59.6 Å². The van der Waals surface area contributed by atoms with Gasteiger partial charge in [-0.3, -0.25) is 10.1 Å². The van der Waals surface area contributed by atoms with E-state index in [0.29, 0.717) is 29.6 Å². The molecule has 0 aliphatic rings. The summed E-state index contributed by atoms with van der Waals surface area (Å²) < 4.78 is 5.54. The Hall–Kier alpha value is -2.98. The maximum absolute atomic E-state index is 12.4. The van der Waals surface area contributed by atoms with Crippen molar-refractivity contribution in [2.24, 2.45) is 4.99 Å². The summed E-state index contributed by atoms with van der Waals surface area (Å²) in [7, 11) is 0. The Labute approximate surface area is 150 Å². The van der Waals surface area contributed by atoms with Gasteiger partial charge in [0.25, 0.3) is 5.91 Å². The number of carbonyl (C=O) groups is 1.